The van der Waals surface area contributed by atoms with Gasteiger partial charge in [-0.05, 0) is 18.8 Å². The van der Waals surface area contributed by atoms with E-state index >= 15 is 0 Å². The second kappa shape index (κ2) is 8.26. The lowest BCUT2D eigenvalue weighted by atomic mass is 10.1. The van der Waals surface area contributed by atoms with Crippen LogP contribution in [0, 0.1) is 12.8 Å². The van der Waals surface area contributed by atoms with Crippen molar-refractivity contribution in [3.63, 3.8) is 0 Å². The maximum absolute atomic E-state index is 12.3. The smallest absolute Gasteiger partial charge is 0.242 e. The number of hydrogen-bond donors (Lipinski definition) is 2. The number of hydrogen-bond acceptors (Lipinski definition) is 6. The topological polar surface area (TPSA) is 114 Å². The summed E-state index contributed by atoms with van der Waals surface area (Å²) >= 11 is 0. The second-order valence-corrected chi connectivity index (χ2v) is 5.90. The Morgan fingerprint density at radius 1 is 1.48 bits per heavy atom. The molecule has 0 spiro atoms. The van der Waals surface area contributed by atoms with Gasteiger partial charge in [-0.3, -0.25) is 9.59 Å². The molecule has 23 heavy (non-hydrogen) atoms. The molecule has 8 nitrogen and oxygen atoms in total. The zero-order valence-electron chi connectivity index (χ0n) is 13.6. The van der Waals surface area contributed by atoms with Gasteiger partial charge in [-0.1, -0.05) is 19.0 Å². The molecule has 1 unspecified atom stereocenters. The Labute approximate surface area is 141 Å². The molecule has 3 N–H and O–H groups in total. The fourth-order valence-electron chi connectivity index (χ4n) is 2.47. The molecule has 1 aliphatic heterocycles. The van der Waals surface area contributed by atoms with Gasteiger partial charge in [0.15, 0.2) is 5.82 Å². The van der Waals surface area contributed by atoms with Crippen LogP contribution in [0.4, 0.5) is 0 Å². The summed E-state index contributed by atoms with van der Waals surface area (Å²) in [5, 5.41) is 6.49. The molecule has 0 radical (unpaired) electrons. The number of aromatic nitrogens is 2. The van der Waals surface area contributed by atoms with Crippen LogP contribution in [-0.4, -0.2) is 46.0 Å². The molecule has 0 aromatic carbocycles. The van der Waals surface area contributed by atoms with Crippen molar-refractivity contribution < 1.29 is 14.1 Å². The highest BCUT2D eigenvalue weighted by molar-refractivity contribution is 5.87. The molecule has 1 aliphatic rings. The third kappa shape index (κ3) is 4.65. The van der Waals surface area contributed by atoms with Crippen molar-refractivity contribution in [3.8, 4) is 0 Å². The first-order valence-electron chi connectivity index (χ1n) is 7.53. The van der Waals surface area contributed by atoms with Crippen LogP contribution in [0.2, 0.25) is 0 Å². The van der Waals surface area contributed by atoms with Crippen LogP contribution in [0.15, 0.2) is 4.52 Å². The van der Waals surface area contributed by atoms with E-state index in [9.17, 15) is 9.59 Å². The third-order valence-electron chi connectivity index (χ3n) is 3.85. The third-order valence-corrected chi connectivity index (χ3v) is 3.85. The summed E-state index contributed by atoms with van der Waals surface area (Å²) in [7, 11) is 0. The monoisotopic (exact) mass is 345 g/mol. The van der Waals surface area contributed by atoms with Gasteiger partial charge in [0.1, 0.15) is 0 Å². The van der Waals surface area contributed by atoms with E-state index in [0.717, 1.165) is 12.8 Å². The number of nitrogens with zero attached hydrogens (tertiary/aromatic N) is 3. The summed E-state index contributed by atoms with van der Waals surface area (Å²) in [4.78, 5) is 30.0. The molecule has 0 aliphatic carbocycles. The number of carbonyl (C=O) groups is 2. The minimum atomic E-state index is -0.609. The largest absolute Gasteiger partial charge is 0.346 e. The molecular formula is C14H24ClN5O3. The van der Waals surface area contributed by atoms with Crippen molar-refractivity contribution in [2.45, 2.75) is 45.7 Å². The number of aryl methyl sites for hydroxylation is 1. The molecule has 1 fully saturated rings. The van der Waals surface area contributed by atoms with E-state index in [1.54, 1.807) is 11.8 Å². The zero-order chi connectivity index (χ0) is 16.3. The molecule has 9 heteroatoms. The van der Waals surface area contributed by atoms with Crippen molar-refractivity contribution in [2.75, 3.05) is 13.1 Å². The molecule has 1 aromatic heterocycles. The average molecular weight is 346 g/mol. The molecule has 2 heterocycles. The van der Waals surface area contributed by atoms with Crippen LogP contribution in [0.1, 0.15) is 44.4 Å². The maximum Gasteiger partial charge on any atom is 0.242 e. The number of amides is 2. The van der Waals surface area contributed by atoms with Crippen molar-refractivity contribution in [3.05, 3.63) is 11.7 Å². The van der Waals surface area contributed by atoms with E-state index in [-0.39, 0.29) is 42.7 Å². The highest BCUT2D eigenvalue weighted by Crippen LogP contribution is 2.29. The molecule has 1 saturated heterocycles. The Bertz CT molecular complexity index is 548. The Hall–Kier alpha value is -1.67. The lowest BCUT2D eigenvalue weighted by molar-refractivity contribution is -0.134. The number of likely N-dealkylation sites (tertiary alicyclic amines) is 1. The Balaban J connectivity index is 0.00000264. The number of nitrogens with two attached hydrogens (primary N) is 1. The van der Waals surface area contributed by atoms with Crippen molar-refractivity contribution in [1.82, 2.24) is 20.4 Å². The van der Waals surface area contributed by atoms with Crippen LogP contribution in [0.3, 0.4) is 0 Å². The lowest BCUT2D eigenvalue weighted by Crippen LogP contribution is -2.47. The first-order valence-corrected chi connectivity index (χ1v) is 7.53. The second-order valence-electron chi connectivity index (χ2n) is 5.90. The van der Waals surface area contributed by atoms with Gasteiger partial charge in [-0.2, -0.15) is 4.98 Å². The van der Waals surface area contributed by atoms with Crippen LogP contribution in [0.5, 0.6) is 0 Å². The fraction of sp³-hybridized carbons (Fsp3) is 0.714. The molecular weight excluding hydrogens is 322 g/mol. The predicted octanol–water partition coefficient (Wildman–Crippen LogP) is 0.563. The van der Waals surface area contributed by atoms with Gasteiger partial charge >= 0.3 is 0 Å². The summed E-state index contributed by atoms with van der Waals surface area (Å²) in [6, 6.07) is -0.789. The summed E-state index contributed by atoms with van der Waals surface area (Å²) < 4.78 is 4.98. The summed E-state index contributed by atoms with van der Waals surface area (Å²) in [6.45, 7) is 6.00. The van der Waals surface area contributed by atoms with Crippen LogP contribution >= 0.6 is 12.4 Å². The summed E-state index contributed by atoms with van der Waals surface area (Å²) in [6.07, 6.45) is 1.67. The van der Waals surface area contributed by atoms with Gasteiger partial charge in [0.2, 0.25) is 17.7 Å². The SMILES string of the molecule is Cc1nc(C2CCCN2C(=O)CNC(=O)[C@@H](N)C(C)C)no1.Cl. The van der Waals surface area contributed by atoms with E-state index in [2.05, 4.69) is 15.5 Å². The lowest BCUT2D eigenvalue weighted by Gasteiger charge is -2.23. The van der Waals surface area contributed by atoms with Crippen molar-refractivity contribution >= 4 is 24.2 Å². The van der Waals surface area contributed by atoms with Gasteiger partial charge < -0.3 is 20.5 Å². The van der Waals surface area contributed by atoms with E-state index in [1.807, 2.05) is 13.8 Å². The quantitative estimate of drug-likeness (QED) is 0.806. The van der Waals surface area contributed by atoms with Crippen molar-refractivity contribution in [1.29, 1.82) is 0 Å². The molecule has 1 aromatic rings. The number of carbonyl (C=O) groups excluding carboxylic acids is 2. The molecule has 130 valence electrons. The van der Waals surface area contributed by atoms with E-state index in [4.69, 9.17) is 10.3 Å². The summed E-state index contributed by atoms with van der Waals surface area (Å²) in [5.41, 5.74) is 5.75. The standard InChI is InChI=1S/C14H23N5O3.ClH/c1-8(2)12(15)14(21)16-7-11(20)19-6-4-5-10(19)13-17-9(3)22-18-13;/h8,10,12H,4-7,15H2,1-3H3,(H,16,21);1H/t10?,12-;/m0./s1. The van der Waals surface area contributed by atoms with E-state index in [1.165, 1.54) is 0 Å². The molecule has 2 rings (SSSR count). The molecule has 2 atom stereocenters. The predicted molar refractivity (Wildman–Crippen MR) is 85.8 cm³/mol. The molecule has 0 saturated carbocycles. The van der Waals surface area contributed by atoms with Crippen LogP contribution < -0.4 is 11.1 Å². The van der Waals surface area contributed by atoms with Crippen molar-refractivity contribution in [2.24, 2.45) is 11.7 Å². The highest BCUT2D eigenvalue weighted by Gasteiger charge is 2.33. The Kier molecular flexibility index (Phi) is 6.96. The van der Waals surface area contributed by atoms with Gasteiger partial charge in [-0.15, -0.1) is 12.4 Å². The number of nitrogens with one attached hydrogen (secondary N) is 1. The Morgan fingerprint density at radius 3 is 2.74 bits per heavy atom. The molecule has 0 bridgehead atoms. The molecule has 2 amide bonds. The zero-order valence-corrected chi connectivity index (χ0v) is 14.4. The van der Waals surface area contributed by atoms with E-state index < -0.39 is 6.04 Å². The average Bonchev–Trinajstić information content (AvgIpc) is 3.11. The van der Waals surface area contributed by atoms with Gasteiger partial charge in [0.25, 0.3) is 0 Å². The summed E-state index contributed by atoms with van der Waals surface area (Å²) in [5.74, 6) is 0.555. The van der Waals surface area contributed by atoms with Gasteiger partial charge in [0.05, 0.1) is 18.6 Å². The van der Waals surface area contributed by atoms with Gasteiger partial charge in [-0.25, -0.2) is 0 Å². The number of rotatable bonds is 5. The minimum absolute atomic E-state index is 0. The number of halogens is 1. The van der Waals surface area contributed by atoms with Gasteiger partial charge in [0, 0.05) is 13.5 Å². The van der Waals surface area contributed by atoms with Crippen LogP contribution in [0.25, 0.3) is 0 Å². The normalized spacial score (nSPS) is 18.7. The Morgan fingerprint density at radius 2 is 2.17 bits per heavy atom. The van der Waals surface area contributed by atoms with E-state index in [0.29, 0.717) is 18.3 Å². The van der Waals surface area contributed by atoms with Crippen LogP contribution in [-0.2, 0) is 9.59 Å². The first-order chi connectivity index (χ1) is 10.4. The first kappa shape index (κ1) is 19.4. The minimum Gasteiger partial charge on any atom is -0.346 e. The maximum atomic E-state index is 12.3. The highest BCUT2D eigenvalue weighted by atomic mass is 35.5. The fourth-order valence-corrected chi connectivity index (χ4v) is 2.47.